The topological polar surface area (TPSA) is 51.2 Å². The standard InChI is InChI=1S/C20H20N2O2S2/c1-14(19-7-4-10-25-19)21-20(23)9-8-16-5-3-6-18(11-16)24-12-17-13-26-15(2)22-17/h3-11,13-14H,12H2,1-2H3,(H,21,23)/b9-8+/t14-/m0/s1. The predicted octanol–water partition coefficient (Wildman–Crippen LogP) is 4.98. The molecule has 6 heteroatoms. The molecule has 1 aromatic carbocycles. The number of ether oxygens (including phenoxy) is 1. The van der Waals surface area contributed by atoms with Crippen LogP contribution in [0, 0.1) is 6.92 Å². The summed E-state index contributed by atoms with van der Waals surface area (Å²) in [5.41, 5.74) is 1.84. The Hall–Kier alpha value is -2.44. The third-order valence-electron chi connectivity index (χ3n) is 3.67. The van der Waals surface area contributed by atoms with Crippen LogP contribution in [0.3, 0.4) is 0 Å². The molecule has 3 rings (SSSR count). The molecular formula is C20H20N2O2S2. The van der Waals surface area contributed by atoms with Gasteiger partial charge in [0.1, 0.15) is 12.4 Å². The second-order valence-electron chi connectivity index (χ2n) is 5.80. The predicted molar refractivity (Wildman–Crippen MR) is 108 cm³/mol. The molecule has 2 aromatic heterocycles. The first-order chi connectivity index (χ1) is 12.6. The van der Waals surface area contributed by atoms with E-state index in [0.717, 1.165) is 26.9 Å². The molecule has 0 saturated heterocycles. The van der Waals surface area contributed by atoms with Crippen molar-refractivity contribution in [1.82, 2.24) is 10.3 Å². The molecule has 134 valence electrons. The van der Waals surface area contributed by atoms with Crippen molar-refractivity contribution in [2.45, 2.75) is 26.5 Å². The molecule has 1 N–H and O–H groups in total. The SMILES string of the molecule is Cc1nc(COc2cccc(/C=C/C(=O)N[C@@H](C)c3cccs3)c2)cs1. The molecule has 0 aliphatic heterocycles. The summed E-state index contributed by atoms with van der Waals surface area (Å²) in [5.74, 6) is 0.639. The Labute approximate surface area is 161 Å². The highest BCUT2D eigenvalue weighted by Gasteiger charge is 2.08. The van der Waals surface area contributed by atoms with Gasteiger partial charge in [-0.2, -0.15) is 0 Å². The molecule has 26 heavy (non-hydrogen) atoms. The summed E-state index contributed by atoms with van der Waals surface area (Å²) in [5, 5.41) is 8.00. The zero-order valence-corrected chi connectivity index (χ0v) is 16.3. The highest BCUT2D eigenvalue weighted by atomic mass is 32.1. The Morgan fingerprint density at radius 2 is 2.19 bits per heavy atom. The van der Waals surface area contributed by atoms with Crippen LogP contribution in [0.5, 0.6) is 5.75 Å². The Kier molecular flexibility index (Phi) is 6.20. The quantitative estimate of drug-likeness (QED) is 0.584. The summed E-state index contributed by atoms with van der Waals surface area (Å²) >= 11 is 3.25. The van der Waals surface area contributed by atoms with Gasteiger partial charge in [-0.3, -0.25) is 4.79 Å². The fourth-order valence-corrected chi connectivity index (χ4v) is 3.71. The number of amides is 1. The summed E-state index contributed by atoms with van der Waals surface area (Å²) < 4.78 is 5.78. The van der Waals surface area contributed by atoms with Gasteiger partial charge in [0.2, 0.25) is 5.91 Å². The zero-order chi connectivity index (χ0) is 18.4. The van der Waals surface area contributed by atoms with Crippen molar-refractivity contribution >= 4 is 34.7 Å². The summed E-state index contributed by atoms with van der Waals surface area (Å²) in [4.78, 5) is 17.6. The minimum Gasteiger partial charge on any atom is -0.487 e. The number of hydrogen-bond acceptors (Lipinski definition) is 5. The third kappa shape index (κ3) is 5.28. The van der Waals surface area contributed by atoms with E-state index in [1.807, 2.05) is 61.0 Å². The number of thiazole rings is 1. The van der Waals surface area contributed by atoms with Crippen LogP contribution in [0.15, 0.2) is 53.2 Å². The minimum absolute atomic E-state index is 0.00313. The number of carbonyl (C=O) groups is 1. The van der Waals surface area contributed by atoms with E-state index in [1.165, 1.54) is 0 Å². The van der Waals surface area contributed by atoms with Gasteiger partial charge >= 0.3 is 0 Å². The largest absolute Gasteiger partial charge is 0.487 e. The van der Waals surface area contributed by atoms with Gasteiger partial charge in [-0.05, 0) is 49.1 Å². The van der Waals surface area contributed by atoms with E-state index in [0.29, 0.717) is 6.61 Å². The van der Waals surface area contributed by atoms with Crippen molar-refractivity contribution in [3.63, 3.8) is 0 Å². The van der Waals surface area contributed by atoms with Crippen molar-refractivity contribution in [2.24, 2.45) is 0 Å². The van der Waals surface area contributed by atoms with Crippen molar-refractivity contribution in [3.8, 4) is 5.75 Å². The van der Waals surface area contributed by atoms with Crippen LogP contribution in [-0.4, -0.2) is 10.9 Å². The van der Waals surface area contributed by atoms with Crippen LogP contribution in [0.1, 0.15) is 34.1 Å². The first-order valence-electron chi connectivity index (χ1n) is 8.26. The number of aromatic nitrogens is 1. The number of carbonyl (C=O) groups excluding carboxylic acids is 1. The first kappa shape index (κ1) is 18.4. The average molecular weight is 385 g/mol. The van der Waals surface area contributed by atoms with Gasteiger partial charge in [-0.25, -0.2) is 4.98 Å². The molecule has 0 saturated carbocycles. The Bertz CT molecular complexity index is 885. The van der Waals surface area contributed by atoms with Gasteiger partial charge in [0.05, 0.1) is 16.7 Å². The van der Waals surface area contributed by atoms with Crippen LogP contribution in [0.25, 0.3) is 6.08 Å². The molecule has 0 radical (unpaired) electrons. The molecule has 0 aliphatic carbocycles. The van der Waals surface area contributed by atoms with E-state index >= 15 is 0 Å². The number of nitrogens with one attached hydrogen (secondary N) is 1. The monoisotopic (exact) mass is 384 g/mol. The summed E-state index contributed by atoms with van der Waals surface area (Å²) in [6.07, 6.45) is 3.34. The highest BCUT2D eigenvalue weighted by Crippen LogP contribution is 2.19. The van der Waals surface area contributed by atoms with Crippen molar-refractivity contribution in [1.29, 1.82) is 0 Å². The first-order valence-corrected chi connectivity index (χ1v) is 10.0. The molecule has 1 atom stereocenters. The maximum Gasteiger partial charge on any atom is 0.244 e. The smallest absolute Gasteiger partial charge is 0.244 e. The molecule has 0 spiro atoms. The van der Waals surface area contributed by atoms with Gasteiger partial charge in [-0.15, -0.1) is 22.7 Å². The lowest BCUT2D eigenvalue weighted by Crippen LogP contribution is -2.23. The van der Waals surface area contributed by atoms with Gasteiger partial charge in [0, 0.05) is 16.3 Å². The molecule has 4 nitrogen and oxygen atoms in total. The maximum absolute atomic E-state index is 12.1. The summed E-state index contributed by atoms with van der Waals surface area (Å²) in [6, 6.07) is 11.7. The second-order valence-corrected chi connectivity index (χ2v) is 7.84. The lowest BCUT2D eigenvalue weighted by molar-refractivity contribution is -0.117. The van der Waals surface area contributed by atoms with Crippen LogP contribution >= 0.6 is 22.7 Å². The summed E-state index contributed by atoms with van der Waals surface area (Å²) in [7, 11) is 0. The van der Waals surface area contributed by atoms with E-state index in [1.54, 1.807) is 34.8 Å². The van der Waals surface area contributed by atoms with E-state index in [4.69, 9.17) is 4.74 Å². The highest BCUT2D eigenvalue weighted by molar-refractivity contribution is 7.10. The fraction of sp³-hybridized carbons (Fsp3) is 0.200. The fourth-order valence-electron chi connectivity index (χ4n) is 2.38. The lowest BCUT2D eigenvalue weighted by Gasteiger charge is -2.10. The molecule has 0 fully saturated rings. The van der Waals surface area contributed by atoms with E-state index in [2.05, 4.69) is 10.3 Å². The van der Waals surface area contributed by atoms with Crippen molar-refractivity contribution < 1.29 is 9.53 Å². The number of hydrogen-bond donors (Lipinski definition) is 1. The molecule has 0 aliphatic rings. The van der Waals surface area contributed by atoms with Crippen LogP contribution in [0.2, 0.25) is 0 Å². The van der Waals surface area contributed by atoms with E-state index < -0.39 is 0 Å². The molecule has 0 unspecified atom stereocenters. The number of aryl methyl sites for hydroxylation is 1. The second kappa shape index (κ2) is 8.78. The molecule has 1 amide bonds. The normalized spacial score (nSPS) is 12.2. The van der Waals surface area contributed by atoms with Gasteiger partial charge in [-0.1, -0.05) is 18.2 Å². The number of nitrogens with zero attached hydrogens (tertiary/aromatic N) is 1. The molecular weight excluding hydrogens is 364 g/mol. The lowest BCUT2D eigenvalue weighted by atomic mass is 10.2. The molecule has 3 aromatic rings. The maximum atomic E-state index is 12.1. The zero-order valence-electron chi connectivity index (χ0n) is 14.6. The summed E-state index contributed by atoms with van der Waals surface area (Å²) in [6.45, 7) is 4.40. The third-order valence-corrected chi connectivity index (χ3v) is 5.54. The van der Waals surface area contributed by atoms with Crippen LogP contribution in [-0.2, 0) is 11.4 Å². The van der Waals surface area contributed by atoms with E-state index in [-0.39, 0.29) is 11.9 Å². The number of rotatable bonds is 7. The number of thiophene rings is 1. The number of benzene rings is 1. The van der Waals surface area contributed by atoms with Gasteiger partial charge in [0.25, 0.3) is 0 Å². The minimum atomic E-state index is -0.116. The molecule has 0 bridgehead atoms. The van der Waals surface area contributed by atoms with Crippen LogP contribution < -0.4 is 10.1 Å². The van der Waals surface area contributed by atoms with Crippen LogP contribution in [0.4, 0.5) is 0 Å². The van der Waals surface area contributed by atoms with Crippen molar-refractivity contribution in [3.05, 3.63) is 74.4 Å². The van der Waals surface area contributed by atoms with Gasteiger partial charge in [0.15, 0.2) is 0 Å². The Morgan fingerprint density at radius 3 is 2.92 bits per heavy atom. The molecule has 2 heterocycles. The Morgan fingerprint density at radius 1 is 1.31 bits per heavy atom. The van der Waals surface area contributed by atoms with E-state index in [9.17, 15) is 4.79 Å². The average Bonchev–Trinajstić information content (AvgIpc) is 3.30. The Balaban J connectivity index is 1.55. The van der Waals surface area contributed by atoms with Gasteiger partial charge < -0.3 is 10.1 Å². The van der Waals surface area contributed by atoms with Crippen molar-refractivity contribution in [2.75, 3.05) is 0 Å².